The maximum atomic E-state index is 11.7. The van der Waals surface area contributed by atoms with E-state index in [2.05, 4.69) is 6.92 Å². The molecule has 21 heavy (non-hydrogen) atoms. The second-order valence-electron chi connectivity index (χ2n) is 5.89. The number of aliphatic carboxylic acids is 1. The number of amides is 1. The highest BCUT2D eigenvalue weighted by Gasteiger charge is 2.09. The molecule has 0 atom stereocenters. The van der Waals surface area contributed by atoms with Crippen molar-refractivity contribution < 1.29 is 14.7 Å². The summed E-state index contributed by atoms with van der Waals surface area (Å²) >= 11 is 0. The predicted octanol–water partition coefficient (Wildman–Crippen LogP) is 4.23. The Labute approximate surface area is 129 Å². The molecule has 0 fully saturated rings. The van der Waals surface area contributed by atoms with E-state index in [1.807, 2.05) is 0 Å². The minimum absolute atomic E-state index is 0.0280. The van der Waals surface area contributed by atoms with Gasteiger partial charge in [-0.1, -0.05) is 64.7 Å². The van der Waals surface area contributed by atoms with E-state index in [9.17, 15) is 9.59 Å². The quantitative estimate of drug-likeness (QED) is 0.488. The van der Waals surface area contributed by atoms with Crippen molar-refractivity contribution in [3.05, 3.63) is 0 Å². The molecule has 0 saturated heterocycles. The van der Waals surface area contributed by atoms with Gasteiger partial charge in [-0.25, -0.2) is 0 Å². The van der Waals surface area contributed by atoms with Gasteiger partial charge in [0.15, 0.2) is 0 Å². The molecule has 0 rings (SSSR count). The molecule has 0 aliphatic heterocycles. The van der Waals surface area contributed by atoms with Crippen LogP contribution < -0.4 is 0 Å². The molecule has 0 aromatic heterocycles. The van der Waals surface area contributed by atoms with E-state index in [1.54, 1.807) is 7.05 Å². The van der Waals surface area contributed by atoms with Gasteiger partial charge in [0.2, 0.25) is 5.91 Å². The molecule has 0 unspecified atom stereocenters. The normalized spacial score (nSPS) is 10.6. The molecule has 0 radical (unpaired) electrons. The Morgan fingerprint density at radius 2 is 1.29 bits per heavy atom. The summed E-state index contributed by atoms with van der Waals surface area (Å²) < 4.78 is 0. The first-order chi connectivity index (χ1) is 10.1. The monoisotopic (exact) mass is 299 g/mol. The fourth-order valence-electron chi connectivity index (χ4n) is 2.34. The van der Waals surface area contributed by atoms with Crippen molar-refractivity contribution in [2.45, 2.75) is 84.0 Å². The van der Waals surface area contributed by atoms with E-state index in [1.165, 1.54) is 56.3 Å². The summed E-state index contributed by atoms with van der Waals surface area (Å²) in [6.45, 7) is 2.55. The van der Waals surface area contributed by atoms with Crippen LogP contribution in [0.15, 0.2) is 0 Å². The van der Waals surface area contributed by atoms with Crippen LogP contribution in [0.2, 0.25) is 0 Å². The number of carboxylic acids is 1. The molecule has 1 amide bonds. The van der Waals surface area contributed by atoms with Gasteiger partial charge in [-0.15, -0.1) is 0 Å². The fraction of sp³-hybridized carbons (Fsp3) is 0.882. The Balaban J connectivity index is 3.33. The topological polar surface area (TPSA) is 57.6 Å². The summed E-state index contributed by atoms with van der Waals surface area (Å²) in [6.07, 6.45) is 13.1. The maximum Gasteiger partial charge on any atom is 0.305 e. The number of hydrogen-bond donors (Lipinski definition) is 1. The molecule has 4 nitrogen and oxygen atoms in total. The molecular formula is C17H33NO3. The smallest absolute Gasteiger partial charge is 0.305 e. The molecule has 0 bridgehead atoms. The SMILES string of the molecule is CCCCCCCCCCCCC(=O)N(C)CCC(=O)O. The number of rotatable bonds is 14. The highest BCUT2D eigenvalue weighted by Crippen LogP contribution is 2.11. The Morgan fingerprint density at radius 3 is 1.76 bits per heavy atom. The zero-order valence-electron chi connectivity index (χ0n) is 13.9. The number of carboxylic acid groups (broad SMARTS) is 1. The van der Waals surface area contributed by atoms with Gasteiger partial charge in [0.05, 0.1) is 6.42 Å². The van der Waals surface area contributed by atoms with Gasteiger partial charge in [0, 0.05) is 20.0 Å². The van der Waals surface area contributed by atoms with Crippen LogP contribution in [0.1, 0.15) is 84.0 Å². The molecule has 0 aromatic carbocycles. The minimum atomic E-state index is -0.853. The first-order valence-electron chi connectivity index (χ1n) is 8.53. The fourth-order valence-corrected chi connectivity index (χ4v) is 2.34. The van der Waals surface area contributed by atoms with Crippen LogP contribution in [-0.4, -0.2) is 35.5 Å². The molecule has 1 N–H and O–H groups in total. The third-order valence-corrected chi connectivity index (χ3v) is 3.83. The third kappa shape index (κ3) is 13.7. The summed E-state index contributed by atoms with van der Waals surface area (Å²) in [6, 6.07) is 0. The molecule has 4 heteroatoms. The molecule has 0 saturated carbocycles. The first kappa shape index (κ1) is 19.9. The maximum absolute atomic E-state index is 11.7. The van der Waals surface area contributed by atoms with E-state index in [0.717, 1.165) is 12.8 Å². The molecule has 0 aliphatic rings. The lowest BCUT2D eigenvalue weighted by Gasteiger charge is -2.15. The summed E-state index contributed by atoms with van der Waals surface area (Å²) in [4.78, 5) is 23.7. The summed E-state index contributed by atoms with van der Waals surface area (Å²) in [5.74, 6) is -0.788. The van der Waals surface area contributed by atoms with Crippen LogP contribution in [0, 0.1) is 0 Å². The van der Waals surface area contributed by atoms with Gasteiger partial charge < -0.3 is 10.0 Å². The van der Waals surface area contributed by atoms with Crippen LogP contribution in [0.25, 0.3) is 0 Å². The summed E-state index contributed by atoms with van der Waals surface area (Å²) in [5.41, 5.74) is 0. The predicted molar refractivity (Wildman–Crippen MR) is 86.4 cm³/mol. The van der Waals surface area contributed by atoms with E-state index >= 15 is 0 Å². The highest BCUT2D eigenvalue weighted by molar-refractivity contribution is 5.76. The summed E-state index contributed by atoms with van der Waals surface area (Å²) in [7, 11) is 1.68. The van der Waals surface area contributed by atoms with Gasteiger partial charge in [-0.2, -0.15) is 0 Å². The standard InChI is InChI=1S/C17H33NO3/c1-3-4-5-6-7-8-9-10-11-12-13-16(19)18(2)15-14-17(20)21/h3-15H2,1-2H3,(H,20,21). The van der Waals surface area contributed by atoms with Gasteiger partial charge in [-0.05, 0) is 6.42 Å². The van der Waals surface area contributed by atoms with E-state index < -0.39 is 5.97 Å². The summed E-state index contributed by atoms with van der Waals surface area (Å²) in [5, 5.41) is 8.57. The Morgan fingerprint density at radius 1 is 0.810 bits per heavy atom. The second-order valence-corrected chi connectivity index (χ2v) is 5.89. The van der Waals surface area contributed by atoms with Crippen molar-refractivity contribution in [2.24, 2.45) is 0 Å². The zero-order valence-corrected chi connectivity index (χ0v) is 13.9. The van der Waals surface area contributed by atoms with Crippen LogP contribution in [0.5, 0.6) is 0 Å². The molecule has 0 heterocycles. The number of unbranched alkanes of at least 4 members (excludes halogenated alkanes) is 9. The van der Waals surface area contributed by atoms with Crippen LogP contribution in [0.3, 0.4) is 0 Å². The zero-order chi connectivity index (χ0) is 15.9. The number of hydrogen-bond acceptors (Lipinski definition) is 2. The Hall–Kier alpha value is -1.06. The van der Waals surface area contributed by atoms with Crippen LogP contribution in [0.4, 0.5) is 0 Å². The third-order valence-electron chi connectivity index (χ3n) is 3.83. The first-order valence-corrected chi connectivity index (χ1v) is 8.53. The van der Waals surface area contributed by atoms with Crippen molar-refractivity contribution in [3.8, 4) is 0 Å². The van der Waals surface area contributed by atoms with Crippen molar-refractivity contribution in [3.63, 3.8) is 0 Å². The van der Waals surface area contributed by atoms with Gasteiger partial charge in [-0.3, -0.25) is 9.59 Å². The van der Waals surface area contributed by atoms with Crippen LogP contribution >= 0.6 is 0 Å². The molecule has 0 spiro atoms. The average Bonchev–Trinajstić information content (AvgIpc) is 2.46. The van der Waals surface area contributed by atoms with E-state index in [0.29, 0.717) is 13.0 Å². The van der Waals surface area contributed by atoms with E-state index in [4.69, 9.17) is 5.11 Å². The highest BCUT2D eigenvalue weighted by atomic mass is 16.4. The van der Waals surface area contributed by atoms with E-state index in [-0.39, 0.29) is 12.3 Å². The molecular weight excluding hydrogens is 266 g/mol. The lowest BCUT2D eigenvalue weighted by molar-refractivity contribution is -0.138. The van der Waals surface area contributed by atoms with Gasteiger partial charge >= 0.3 is 5.97 Å². The van der Waals surface area contributed by atoms with Crippen molar-refractivity contribution in [1.29, 1.82) is 0 Å². The number of carbonyl (C=O) groups excluding carboxylic acids is 1. The lowest BCUT2D eigenvalue weighted by Crippen LogP contribution is -2.28. The van der Waals surface area contributed by atoms with Gasteiger partial charge in [0.1, 0.15) is 0 Å². The molecule has 0 aliphatic carbocycles. The molecule has 124 valence electrons. The second kappa shape index (κ2) is 13.9. The average molecular weight is 299 g/mol. The van der Waals surface area contributed by atoms with Crippen LogP contribution in [-0.2, 0) is 9.59 Å². The van der Waals surface area contributed by atoms with Crippen molar-refractivity contribution in [1.82, 2.24) is 4.90 Å². The Bertz CT molecular complexity index is 279. The molecule has 0 aromatic rings. The number of nitrogens with zero attached hydrogens (tertiary/aromatic N) is 1. The largest absolute Gasteiger partial charge is 0.481 e. The van der Waals surface area contributed by atoms with Crippen molar-refractivity contribution in [2.75, 3.05) is 13.6 Å². The number of carbonyl (C=O) groups is 2. The minimum Gasteiger partial charge on any atom is -0.481 e. The lowest BCUT2D eigenvalue weighted by atomic mass is 10.1. The van der Waals surface area contributed by atoms with Gasteiger partial charge in [0.25, 0.3) is 0 Å². The van der Waals surface area contributed by atoms with Crippen molar-refractivity contribution >= 4 is 11.9 Å². The Kier molecular flexibility index (Phi) is 13.2.